The molecule has 0 unspecified atom stereocenters. The van der Waals surface area contributed by atoms with E-state index in [4.69, 9.17) is 11.6 Å². The smallest absolute Gasteiger partial charge is 0.254 e. The summed E-state index contributed by atoms with van der Waals surface area (Å²) < 4.78 is 0. The average Bonchev–Trinajstić information content (AvgIpc) is 2.61. The van der Waals surface area contributed by atoms with Crippen molar-refractivity contribution in [2.75, 3.05) is 31.1 Å². The molecule has 0 N–H and O–H groups in total. The third-order valence-corrected chi connectivity index (χ3v) is 4.35. The van der Waals surface area contributed by atoms with Gasteiger partial charge in [0.1, 0.15) is 5.82 Å². The van der Waals surface area contributed by atoms with Gasteiger partial charge in [-0.25, -0.2) is 4.98 Å². The van der Waals surface area contributed by atoms with E-state index in [9.17, 15) is 9.59 Å². The lowest BCUT2D eigenvalue weighted by Crippen LogP contribution is -2.49. The Morgan fingerprint density at radius 2 is 1.79 bits per heavy atom. The number of Topliss-reactive ketones (excluding diaryl/α,β-unsaturated/α-hetero) is 1. The molecule has 0 aliphatic carbocycles. The molecule has 24 heavy (non-hydrogen) atoms. The summed E-state index contributed by atoms with van der Waals surface area (Å²) in [5.41, 5.74) is 1.22. The van der Waals surface area contributed by atoms with Crippen molar-refractivity contribution < 1.29 is 9.59 Å². The number of aromatic nitrogens is 1. The molecule has 0 saturated carbocycles. The summed E-state index contributed by atoms with van der Waals surface area (Å²) in [5.74, 6) is 0.831. The Kier molecular flexibility index (Phi) is 4.81. The molecule has 5 nitrogen and oxygen atoms in total. The maximum absolute atomic E-state index is 12.5. The van der Waals surface area contributed by atoms with Crippen molar-refractivity contribution in [3.63, 3.8) is 0 Å². The van der Waals surface area contributed by atoms with E-state index in [1.807, 2.05) is 11.0 Å². The normalized spacial score (nSPS) is 14.6. The number of amides is 1. The number of piperazine rings is 1. The lowest BCUT2D eigenvalue weighted by Gasteiger charge is -2.35. The van der Waals surface area contributed by atoms with E-state index in [1.54, 1.807) is 36.5 Å². The van der Waals surface area contributed by atoms with Crippen LogP contribution in [-0.4, -0.2) is 47.8 Å². The summed E-state index contributed by atoms with van der Waals surface area (Å²) in [7, 11) is 0. The minimum atomic E-state index is -0.00274. The minimum absolute atomic E-state index is 0.00274. The van der Waals surface area contributed by atoms with Crippen LogP contribution in [0.1, 0.15) is 27.6 Å². The molecule has 124 valence electrons. The first-order valence-corrected chi connectivity index (χ1v) is 8.19. The van der Waals surface area contributed by atoms with Gasteiger partial charge in [-0.1, -0.05) is 17.7 Å². The number of pyridine rings is 1. The number of benzene rings is 1. The maximum atomic E-state index is 12.5. The number of ketones is 1. The molecule has 1 aromatic heterocycles. The highest BCUT2D eigenvalue weighted by molar-refractivity contribution is 6.30. The van der Waals surface area contributed by atoms with Crippen molar-refractivity contribution in [2.45, 2.75) is 6.92 Å². The number of hydrogen-bond donors (Lipinski definition) is 0. The highest BCUT2D eigenvalue weighted by Gasteiger charge is 2.23. The first-order chi connectivity index (χ1) is 11.5. The van der Waals surface area contributed by atoms with Gasteiger partial charge in [-0.15, -0.1) is 0 Å². The van der Waals surface area contributed by atoms with Gasteiger partial charge in [0.15, 0.2) is 5.78 Å². The fourth-order valence-corrected chi connectivity index (χ4v) is 2.91. The zero-order valence-corrected chi connectivity index (χ0v) is 14.2. The topological polar surface area (TPSA) is 53.5 Å². The Bertz CT molecular complexity index is 753. The van der Waals surface area contributed by atoms with Crippen LogP contribution in [0, 0.1) is 0 Å². The monoisotopic (exact) mass is 343 g/mol. The molecule has 0 radical (unpaired) electrons. The standard InChI is InChI=1S/C18H18ClN3O2/c1-13(23)15-5-6-17(20-12-15)21-7-9-22(10-8-21)18(24)14-3-2-4-16(19)11-14/h2-6,11-12H,7-10H2,1H3. The van der Waals surface area contributed by atoms with Gasteiger partial charge >= 0.3 is 0 Å². The van der Waals surface area contributed by atoms with Crippen LogP contribution in [0.2, 0.25) is 5.02 Å². The molecule has 3 rings (SSSR count). The Morgan fingerprint density at radius 3 is 2.38 bits per heavy atom. The molecular weight excluding hydrogens is 326 g/mol. The van der Waals surface area contributed by atoms with E-state index in [0.717, 1.165) is 5.82 Å². The van der Waals surface area contributed by atoms with Crippen molar-refractivity contribution in [1.82, 2.24) is 9.88 Å². The molecule has 2 aromatic rings. The second-order valence-electron chi connectivity index (χ2n) is 5.75. The van der Waals surface area contributed by atoms with E-state index in [0.29, 0.717) is 42.3 Å². The van der Waals surface area contributed by atoms with Gasteiger partial charge in [0.05, 0.1) is 0 Å². The largest absolute Gasteiger partial charge is 0.353 e. The fourth-order valence-electron chi connectivity index (χ4n) is 2.72. The number of hydrogen-bond acceptors (Lipinski definition) is 4. The molecule has 1 saturated heterocycles. The van der Waals surface area contributed by atoms with Crippen molar-refractivity contribution in [1.29, 1.82) is 0 Å². The Balaban J connectivity index is 1.63. The van der Waals surface area contributed by atoms with Crippen LogP contribution < -0.4 is 4.90 Å². The van der Waals surface area contributed by atoms with Crippen molar-refractivity contribution in [2.24, 2.45) is 0 Å². The fraction of sp³-hybridized carbons (Fsp3) is 0.278. The molecule has 1 aliphatic rings. The molecule has 1 fully saturated rings. The first kappa shape index (κ1) is 16.5. The quantitative estimate of drug-likeness (QED) is 0.804. The zero-order valence-electron chi connectivity index (χ0n) is 13.4. The van der Waals surface area contributed by atoms with Crippen LogP contribution in [0.4, 0.5) is 5.82 Å². The molecule has 0 spiro atoms. The lowest BCUT2D eigenvalue weighted by atomic mass is 10.1. The van der Waals surface area contributed by atoms with Crippen molar-refractivity contribution >= 4 is 29.1 Å². The van der Waals surface area contributed by atoms with E-state index in [-0.39, 0.29) is 11.7 Å². The zero-order chi connectivity index (χ0) is 17.1. The number of rotatable bonds is 3. The van der Waals surface area contributed by atoms with Gasteiger partial charge in [-0.05, 0) is 37.3 Å². The molecule has 1 aromatic carbocycles. The van der Waals surface area contributed by atoms with Crippen LogP contribution in [0.5, 0.6) is 0 Å². The highest BCUT2D eigenvalue weighted by atomic mass is 35.5. The van der Waals surface area contributed by atoms with E-state index in [1.165, 1.54) is 6.92 Å². The summed E-state index contributed by atoms with van der Waals surface area (Å²) >= 11 is 5.95. The Hall–Kier alpha value is -2.40. The number of halogens is 1. The van der Waals surface area contributed by atoms with Crippen LogP contribution >= 0.6 is 11.6 Å². The second kappa shape index (κ2) is 7.01. The second-order valence-corrected chi connectivity index (χ2v) is 6.19. The van der Waals surface area contributed by atoms with Crippen molar-refractivity contribution in [3.05, 3.63) is 58.7 Å². The lowest BCUT2D eigenvalue weighted by molar-refractivity contribution is 0.0746. The first-order valence-electron chi connectivity index (χ1n) is 7.81. The molecule has 0 atom stereocenters. The Morgan fingerprint density at radius 1 is 1.04 bits per heavy atom. The van der Waals surface area contributed by atoms with Gasteiger partial charge in [0, 0.05) is 48.5 Å². The van der Waals surface area contributed by atoms with Gasteiger partial charge < -0.3 is 9.80 Å². The van der Waals surface area contributed by atoms with E-state index >= 15 is 0 Å². The molecule has 6 heteroatoms. The number of anilines is 1. The van der Waals surface area contributed by atoms with Crippen LogP contribution in [0.25, 0.3) is 0 Å². The molecule has 0 bridgehead atoms. The van der Waals surface area contributed by atoms with Crippen molar-refractivity contribution in [3.8, 4) is 0 Å². The number of carbonyl (C=O) groups excluding carboxylic acids is 2. The number of carbonyl (C=O) groups is 2. The average molecular weight is 344 g/mol. The third kappa shape index (κ3) is 3.57. The SMILES string of the molecule is CC(=O)c1ccc(N2CCN(C(=O)c3cccc(Cl)c3)CC2)nc1. The van der Waals surface area contributed by atoms with Crippen LogP contribution in [0.3, 0.4) is 0 Å². The van der Waals surface area contributed by atoms with Crippen LogP contribution in [-0.2, 0) is 0 Å². The van der Waals surface area contributed by atoms with Gasteiger partial charge in [0.2, 0.25) is 0 Å². The Labute approximate surface area is 145 Å². The predicted octanol–water partition coefficient (Wildman–Crippen LogP) is 2.90. The summed E-state index contributed by atoms with van der Waals surface area (Å²) in [5, 5.41) is 0.564. The minimum Gasteiger partial charge on any atom is -0.353 e. The van der Waals surface area contributed by atoms with Gasteiger partial charge in [-0.3, -0.25) is 9.59 Å². The number of nitrogens with zero attached hydrogens (tertiary/aromatic N) is 3. The van der Waals surface area contributed by atoms with Gasteiger partial charge in [0.25, 0.3) is 5.91 Å². The van der Waals surface area contributed by atoms with E-state index in [2.05, 4.69) is 9.88 Å². The van der Waals surface area contributed by atoms with Crippen LogP contribution in [0.15, 0.2) is 42.6 Å². The summed E-state index contributed by atoms with van der Waals surface area (Å²) in [6.07, 6.45) is 1.60. The molecular formula is C18H18ClN3O2. The molecule has 2 heterocycles. The summed E-state index contributed by atoms with van der Waals surface area (Å²) in [4.78, 5) is 32.1. The van der Waals surface area contributed by atoms with E-state index < -0.39 is 0 Å². The predicted molar refractivity (Wildman–Crippen MR) is 93.8 cm³/mol. The molecule has 1 aliphatic heterocycles. The highest BCUT2D eigenvalue weighted by Crippen LogP contribution is 2.17. The third-order valence-electron chi connectivity index (χ3n) is 4.12. The molecule has 1 amide bonds. The summed E-state index contributed by atoms with van der Waals surface area (Å²) in [6.45, 7) is 4.19. The summed E-state index contributed by atoms with van der Waals surface area (Å²) in [6, 6.07) is 10.7. The van der Waals surface area contributed by atoms with Gasteiger partial charge in [-0.2, -0.15) is 0 Å². The maximum Gasteiger partial charge on any atom is 0.254 e.